The Morgan fingerprint density at radius 1 is 1.14 bits per heavy atom. The van der Waals surface area contributed by atoms with Gasteiger partial charge in [0, 0.05) is 34.6 Å². The zero-order valence-corrected chi connectivity index (χ0v) is 19.7. The van der Waals surface area contributed by atoms with Crippen molar-refractivity contribution in [1.29, 1.82) is 0 Å². The third kappa shape index (κ3) is 4.89. The van der Waals surface area contributed by atoms with Gasteiger partial charge in [0.05, 0.1) is 0 Å². The van der Waals surface area contributed by atoms with E-state index in [1.54, 1.807) is 53.2 Å². The van der Waals surface area contributed by atoms with Gasteiger partial charge in [0.2, 0.25) is 5.95 Å². The summed E-state index contributed by atoms with van der Waals surface area (Å²) in [6.45, 7) is 0.201. The summed E-state index contributed by atoms with van der Waals surface area (Å²) in [7, 11) is 0. The van der Waals surface area contributed by atoms with Crippen LogP contribution >= 0.6 is 11.6 Å². The number of nitrogens with one attached hydrogen (secondary N) is 1. The minimum Gasteiger partial charge on any atom is -0.508 e. The predicted octanol–water partition coefficient (Wildman–Crippen LogP) is 3.95. The number of fused-ring (bicyclic) bond motifs is 1. The van der Waals surface area contributed by atoms with E-state index in [9.17, 15) is 19.8 Å². The molecule has 1 fully saturated rings. The van der Waals surface area contributed by atoms with Gasteiger partial charge in [-0.1, -0.05) is 11.6 Å². The molecule has 1 aliphatic heterocycles. The molecule has 1 atom stereocenters. The molecule has 2 aromatic heterocycles. The van der Waals surface area contributed by atoms with Crippen molar-refractivity contribution in [1.82, 2.24) is 19.5 Å². The molecule has 10 nitrogen and oxygen atoms in total. The lowest BCUT2D eigenvalue weighted by molar-refractivity contribution is -0.148. The highest BCUT2D eigenvalue weighted by molar-refractivity contribution is 6.33. The number of aromatic hydroxyl groups is 1. The minimum atomic E-state index is -0.990. The number of phenols is 1. The zero-order valence-electron chi connectivity index (χ0n) is 19.0. The smallest absolute Gasteiger partial charge is 0.326 e. The maximum atomic E-state index is 12.4. The van der Waals surface area contributed by atoms with Crippen LogP contribution in [0.25, 0.3) is 16.8 Å². The summed E-state index contributed by atoms with van der Waals surface area (Å²) in [5.74, 6) is -0.353. The Morgan fingerprint density at radius 2 is 1.94 bits per heavy atom. The summed E-state index contributed by atoms with van der Waals surface area (Å²) in [6, 6.07) is 14.5. The second-order valence-electron chi connectivity index (χ2n) is 8.34. The van der Waals surface area contributed by atoms with E-state index in [1.807, 2.05) is 6.07 Å². The van der Waals surface area contributed by atoms with Crippen molar-refractivity contribution in [2.45, 2.75) is 18.9 Å². The van der Waals surface area contributed by atoms with Crippen molar-refractivity contribution < 1.29 is 24.5 Å². The first-order valence-corrected chi connectivity index (χ1v) is 11.6. The average Bonchev–Trinajstić information content (AvgIpc) is 3.51. The van der Waals surface area contributed by atoms with Crippen LogP contribution in [0.1, 0.15) is 12.8 Å². The number of aromatic nitrogens is 3. The van der Waals surface area contributed by atoms with Gasteiger partial charge < -0.3 is 25.2 Å². The molecule has 0 saturated carbocycles. The number of halogens is 1. The second-order valence-corrected chi connectivity index (χ2v) is 8.75. The molecule has 3 heterocycles. The largest absolute Gasteiger partial charge is 0.508 e. The van der Waals surface area contributed by atoms with Crippen LogP contribution in [0.2, 0.25) is 5.02 Å². The van der Waals surface area contributed by atoms with E-state index in [2.05, 4.69) is 15.4 Å². The first-order chi connectivity index (χ1) is 17.4. The Kier molecular flexibility index (Phi) is 6.34. The lowest BCUT2D eigenvalue weighted by Gasteiger charge is -2.21. The molecule has 0 radical (unpaired) electrons. The first kappa shape index (κ1) is 23.4. The summed E-state index contributed by atoms with van der Waals surface area (Å²) >= 11 is 6.28. The van der Waals surface area contributed by atoms with Crippen molar-refractivity contribution in [2.24, 2.45) is 0 Å². The van der Waals surface area contributed by atoms with Crippen molar-refractivity contribution in [3.05, 3.63) is 65.8 Å². The number of ether oxygens (including phenoxy) is 1. The van der Waals surface area contributed by atoms with Crippen molar-refractivity contribution >= 4 is 40.8 Å². The fourth-order valence-corrected chi connectivity index (χ4v) is 4.37. The molecular weight excluding hydrogens is 486 g/mol. The molecular formula is C25H22ClN5O5. The highest BCUT2D eigenvalue weighted by atomic mass is 35.5. The lowest BCUT2D eigenvalue weighted by atomic mass is 10.1. The third-order valence-corrected chi connectivity index (χ3v) is 6.25. The molecule has 1 amide bonds. The highest BCUT2D eigenvalue weighted by Crippen LogP contribution is 2.31. The van der Waals surface area contributed by atoms with Crippen LogP contribution in [0.3, 0.4) is 0 Å². The molecule has 36 heavy (non-hydrogen) atoms. The summed E-state index contributed by atoms with van der Waals surface area (Å²) in [4.78, 5) is 29.5. The Balaban J connectivity index is 1.23. The van der Waals surface area contributed by atoms with E-state index in [0.29, 0.717) is 53.0 Å². The quantitative estimate of drug-likeness (QED) is 0.343. The van der Waals surface area contributed by atoms with Gasteiger partial charge >= 0.3 is 5.97 Å². The van der Waals surface area contributed by atoms with Gasteiger partial charge in [-0.3, -0.25) is 4.79 Å². The maximum Gasteiger partial charge on any atom is 0.326 e. The average molecular weight is 508 g/mol. The number of pyridine rings is 1. The number of rotatable bonds is 7. The van der Waals surface area contributed by atoms with Crippen LogP contribution in [-0.2, 0) is 9.59 Å². The molecule has 0 bridgehead atoms. The first-order valence-electron chi connectivity index (χ1n) is 11.2. The second kappa shape index (κ2) is 9.74. The summed E-state index contributed by atoms with van der Waals surface area (Å²) in [5, 5.41) is 27.1. The molecule has 2 aromatic carbocycles. The van der Waals surface area contributed by atoms with Crippen LogP contribution in [-0.4, -0.2) is 60.8 Å². The number of carbonyl (C=O) groups is 2. The molecule has 1 saturated heterocycles. The topological polar surface area (TPSA) is 129 Å². The molecule has 11 heteroatoms. The van der Waals surface area contributed by atoms with Gasteiger partial charge in [0.15, 0.2) is 12.3 Å². The third-order valence-electron chi connectivity index (χ3n) is 5.92. The number of anilines is 2. The number of carboxylic acids is 1. The molecule has 4 aromatic rings. The van der Waals surface area contributed by atoms with Crippen LogP contribution in [0.4, 0.5) is 11.6 Å². The molecule has 0 spiro atoms. The highest BCUT2D eigenvalue weighted by Gasteiger charge is 2.33. The van der Waals surface area contributed by atoms with Gasteiger partial charge in [0.25, 0.3) is 5.91 Å². The van der Waals surface area contributed by atoms with Gasteiger partial charge in [-0.15, -0.1) is 5.10 Å². The van der Waals surface area contributed by atoms with Crippen molar-refractivity contribution in [3.63, 3.8) is 0 Å². The van der Waals surface area contributed by atoms with Gasteiger partial charge in [0.1, 0.15) is 17.5 Å². The fraction of sp³-hybridized carbons (Fsp3) is 0.200. The monoisotopic (exact) mass is 507 g/mol. The van der Waals surface area contributed by atoms with Gasteiger partial charge in [-0.2, -0.15) is 4.98 Å². The van der Waals surface area contributed by atoms with Gasteiger partial charge in [-0.25, -0.2) is 9.31 Å². The molecule has 3 N–H and O–H groups in total. The van der Waals surface area contributed by atoms with Crippen LogP contribution in [0, 0.1) is 0 Å². The summed E-state index contributed by atoms with van der Waals surface area (Å²) in [6.07, 6.45) is 2.91. The van der Waals surface area contributed by atoms with E-state index in [1.165, 1.54) is 11.0 Å². The van der Waals surface area contributed by atoms with E-state index in [-0.39, 0.29) is 18.3 Å². The van der Waals surface area contributed by atoms with Crippen LogP contribution in [0.5, 0.6) is 11.5 Å². The number of likely N-dealkylation sites (tertiary alicyclic amines) is 1. The Hall–Kier alpha value is -4.31. The predicted molar refractivity (Wildman–Crippen MR) is 133 cm³/mol. The lowest BCUT2D eigenvalue weighted by Crippen LogP contribution is -2.42. The number of carbonyl (C=O) groups excluding carboxylic acids is 1. The number of hydrogen-bond donors (Lipinski definition) is 3. The minimum absolute atomic E-state index is 0.118. The van der Waals surface area contributed by atoms with Crippen LogP contribution in [0.15, 0.2) is 60.8 Å². The normalized spacial score (nSPS) is 15.2. The number of phenolic OH excluding ortho intramolecular Hbond substituents is 1. The number of amides is 1. The van der Waals surface area contributed by atoms with E-state index < -0.39 is 12.0 Å². The Morgan fingerprint density at radius 3 is 2.72 bits per heavy atom. The standard InChI is InChI=1S/C25H22ClN5O5/c26-20-9-6-17(32)12-19(20)15-3-10-22-28-25(29-31(22)13-15)27-16-4-7-18(8-5-16)36-14-23(33)30-11-1-2-21(30)24(34)35/h3-10,12-13,21,32H,1-2,11,14H2,(H,27,29)(H,34,35)/t21-/m0/s1. The zero-order chi connectivity index (χ0) is 25.2. The van der Waals surface area contributed by atoms with E-state index in [0.717, 1.165) is 5.56 Å². The van der Waals surface area contributed by atoms with Crippen molar-refractivity contribution in [2.75, 3.05) is 18.5 Å². The fourth-order valence-electron chi connectivity index (χ4n) is 4.14. The number of carboxylic acid groups (broad SMARTS) is 1. The molecule has 184 valence electrons. The number of aliphatic carboxylic acids is 1. The van der Waals surface area contributed by atoms with E-state index in [4.69, 9.17) is 16.3 Å². The Labute approximate surface area is 210 Å². The number of benzene rings is 2. The number of hydrogen-bond acceptors (Lipinski definition) is 7. The molecule has 0 aliphatic carbocycles. The van der Waals surface area contributed by atoms with Crippen LogP contribution < -0.4 is 10.1 Å². The molecule has 0 unspecified atom stereocenters. The maximum absolute atomic E-state index is 12.4. The molecule has 5 rings (SSSR count). The van der Waals surface area contributed by atoms with Crippen molar-refractivity contribution in [3.8, 4) is 22.6 Å². The summed E-state index contributed by atoms with van der Waals surface area (Å²) in [5.41, 5.74) is 2.80. The molecule has 1 aliphatic rings. The number of nitrogens with zero attached hydrogens (tertiary/aromatic N) is 4. The van der Waals surface area contributed by atoms with Gasteiger partial charge in [-0.05, 0) is 67.4 Å². The Bertz CT molecular complexity index is 1440. The van der Waals surface area contributed by atoms with E-state index >= 15 is 0 Å². The summed E-state index contributed by atoms with van der Waals surface area (Å²) < 4.78 is 7.17. The SMILES string of the molecule is O=C(O)[C@@H]1CCCN1C(=O)COc1ccc(Nc2nc3ccc(-c4cc(O)ccc4Cl)cn3n2)cc1.